The van der Waals surface area contributed by atoms with Crippen molar-refractivity contribution in [2.45, 2.75) is 23.5 Å². The van der Waals surface area contributed by atoms with Crippen molar-refractivity contribution in [1.29, 1.82) is 0 Å². The first kappa shape index (κ1) is 13.5. The number of benzene rings is 1. The fourth-order valence-electron chi connectivity index (χ4n) is 2.40. The molecule has 1 aliphatic heterocycles. The number of rotatable bonds is 3. The van der Waals surface area contributed by atoms with Gasteiger partial charge in [0.1, 0.15) is 0 Å². The first-order valence-corrected chi connectivity index (χ1v) is 8.75. The van der Waals surface area contributed by atoms with E-state index in [9.17, 15) is 0 Å². The van der Waals surface area contributed by atoms with E-state index in [0.29, 0.717) is 0 Å². The Kier molecular flexibility index (Phi) is 4.49. The quantitative estimate of drug-likeness (QED) is 0.844. The van der Waals surface area contributed by atoms with Crippen LogP contribution in [0.15, 0.2) is 34.5 Å². The molecular weight excluding hydrogens is 294 g/mol. The Balaban J connectivity index is 1.86. The van der Waals surface area contributed by atoms with Crippen LogP contribution in [0.25, 0.3) is 0 Å². The van der Waals surface area contributed by atoms with E-state index in [-0.39, 0.29) is 0 Å². The van der Waals surface area contributed by atoms with Gasteiger partial charge in [0.05, 0.1) is 5.02 Å². The number of nitrogens with one attached hydrogen (secondary N) is 1. The van der Waals surface area contributed by atoms with E-state index in [1.165, 1.54) is 20.9 Å². The first-order valence-electron chi connectivity index (χ1n) is 6.51. The van der Waals surface area contributed by atoms with Crippen LogP contribution in [0, 0.1) is 0 Å². The molecule has 0 amide bonds. The summed E-state index contributed by atoms with van der Waals surface area (Å²) in [6.07, 6.45) is 2.20. The molecule has 0 radical (unpaired) electrons. The highest BCUT2D eigenvalue weighted by Gasteiger charge is 2.15. The van der Waals surface area contributed by atoms with Crippen molar-refractivity contribution < 1.29 is 0 Å². The summed E-state index contributed by atoms with van der Waals surface area (Å²) in [5.74, 6) is 1.02. The smallest absolute Gasteiger partial charge is 0.0544 e. The molecule has 1 nitrogen and oxygen atoms in total. The lowest BCUT2D eigenvalue weighted by Crippen LogP contribution is -2.16. The van der Waals surface area contributed by atoms with E-state index in [1.54, 1.807) is 0 Å². The molecule has 4 heteroatoms. The second-order valence-corrected chi connectivity index (χ2v) is 7.06. The van der Waals surface area contributed by atoms with E-state index in [2.05, 4.69) is 35.0 Å². The lowest BCUT2D eigenvalue weighted by molar-refractivity contribution is 0.709. The summed E-state index contributed by atoms with van der Waals surface area (Å²) in [5.41, 5.74) is 2.92. The lowest BCUT2D eigenvalue weighted by atomic mass is 10.0. The molecule has 1 aromatic heterocycles. The number of thioether (sulfide) groups is 1. The average molecular weight is 310 g/mol. The fraction of sp³-hybridized carbons (Fsp3) is 0.333. The molecule has 0 saturated carbocycles. The average Bonchev–Trinajstić information content (AvgIpc) is 2.82. The van der Waals surface area contributed by atoms with Crippen molar-refractivity contribution in [2.75, 3.05) is 13.1 Å². The summed E-state index contributed by atoms with van der Waals surface area (Å²) >= 11 is 10.1. The first-order chi connectivity index (χ1) is 9.34. The maximum atomic E-state index is 6.42. The van der Waals surface area contributed by atoms with Gasteiger partial charge in [-0.05, 0) is 54.6 Å². The normalized spacial score (nSPS) is 15.0. The number of hydrogen-bond donors (Lipinski definition) is 1. The maximum Gasteiger partial charge on any atom is 0.0544 e. The van der Waals surface area contributed by atoms with Crippen LogP contribution in [0.2, 0.25) is 5.02 Å². The van der Waals surface area contributed by atoms with E-state index in [0.717, 1.165) is 36.7 Å². The predicted octanol–water partition coefficient (Wildman–Crippen LogP) is 4.38. The highest BCUT2D eigenvalue weighted by Crippen LogP contribution is 2.36. The van der Waals surface area contributed by atoms with Gasteiger partial charge in [-0.15, -0.1) is 23.1 Å². The van der Waals surface area contributed by atoms with Gasteiger partial charge in [0, 0.05) is 15.5 Å². The van der Waals surface area contributed by atoms with Crippen molar-refractivity contribution in [3.63, 3.8) is 0 Å². The number of thiophene rings is 1. The topological polar surface area (TPSA) is 12.0 Å². The molecule has 0 saturated heterocycles. The molecule has 1 N–H and O–H groups in total. The van der Waals surface area contributed by atoms with Crippen LogP contribution >= 0.6 is 34.7 Å². The van der Waals surface area contributed by atoms with Crippen LogP contribution in [0.3, 0.4) is 0 Å². The van der Waals surface area contributed by atoms with Crippen LogP contribution in [-0.4, -0.2) is 13.1 Å². The van der Waals surface area contributed by atoms with Crippen LogP contribution < -0.4 is 5.32 Å². The molecule has 0 atom stereocenters. The molecule has 0 spiro atoms. The Bertz CT molecular complexity index is 552. The molecule has 0 fully saturated rings. The van der Waals surface area contributed by atoms with Gasteiger partial charge in [-0.1, -0.05) is 23.7 Å². The summed E-state index contributed by atoms with van der Waals surface area (Å²) in [5, 5.41) is 6.50. The van der Waals surface area contributed by atoms with Crippen molar-refractivity contribution in [1.82, 2.24) is 5.32 Å². The molecule has 0 unspecified atom stereocenters. The Morgan fingerprint density at radius 1 is 1.21 bits per heavy atom. The Morgan fingerprint density at radius 3 is 2.95 bits per heavy atom. The number of halogens is 1. The molecule has 1 aromatic carbocycles. The molecule has 0 bridgehead atoms. The summed E-state index contributed by atoms with van der Waals surface area (Å²) in [7, 11) is 0. The second-order valence-electron chi connectivity index (χ2n) is 4.63. The Labute approximate surface area is 127 Å². The number of hydrogen-bond acceptors (Lipinski definition) is 3. The van der Waals surface area contributed by atoms with E-state index < -0.39 is 0 Å². The molecule has 3 rings (SSSR count). The van der Waals surface area contributed by atoms with Crippen molar-refractivity contribution in [2.24, 2.45) is 0 Å². The van der Waals surface area contributed by atoms with Gasteiger partial charge in [0.2, 0.25) is 0 Å². The minimum absolute atomic E-state index is 0.905. The monoisotopic (exact) mass is 309 g/mol. The second kappa shape index (κ2) is 6.31. The van der Waals surface area contributed by atoms with Crippen LogP contribution in [0.1, 0.15) is 16.0 Å². The van der Waals surface area contributed by atoms with Gasteiger partial charge in [-0.25, -0.2) is 0 Å². The third-order valence-electron chi connectivity index (χ3n) is 3.37. The largest absolute Gasteiger partial charge is 0.316 e. The van der Waals surface area contributed by atoms with Gasteiger partial charge >= 0.3 is 0 Å². The summed E-state index contributed by atoms with van der Waals surface area (Å²) in [6, 6.07) is 8.55. The van der Waals surface area contributed by atoms with Crippen LogP contribution in [-0.2, 0) is 18.6 Å². The zero-order valence-corrected chi connectivity index (χ0v) is 13.0. The molecule has 0 aliphatic carbocycles. The van der Waals surface area contributed by atoms with Crippen molar-refractivity contribution >= 4 is 34.7 Å². The Hall–Kier alpha value is -0.480. The van der Waals surface area contributed by atoms with Gasteiger partial charge < -0.3 is 5.32 Å². The summed E-state index contributed by atoms with van der Waals surface area (Å²) in [4.78, 5) is 2.70. The standard InChI is InChI=1S/C15H16ClNS2/c16-14-4-3-11-5-7-17-8-6-13(11)15(14)19-10-12-2-1-9-18-12/h1-4,9,17H,5-8,10H2. The third kappa shape index (κ3) is 3.16. The Morgan fingerprint density at radius 2 is 2.11 bits per heavy atom. The van der Waals surface area contributed by atoms with E-state index in [4.69, 9.17) is 11.6 Å². The van der Waals surface area contributed by atoms with Crippen molar-refractivity contribution in [3.8, 4) is 0 Å². The maximum absolute atomic E-state index is 6.42. The van der Waals surface area contributed by atoms with Crippen LogP contribution in [0.4, 0.5) is 0 Å². The molecule has 2 aromatic rings. The van der Waals surface area contributed by atoms with Gasteiger partial charge in [0.15, 0.2) is 0 Å². The molecule has 2 heterocycles. The fourth-order valence-corrected chi connectivity index (χ4v) is 4.68. The van der Waals surface area contributed by atoms with Gasteiger partial charge in [0.25, 0.3) is 0 Å². The summed E-state index contributed by atoms with van der Waals surface area (Å²) < 4.78 is 0. The summed E-state index contributed by atoms with van der Waals surface area (Å²) in [6.45, 7) is 2.13. The highest BCUT2D eigenvalue weighted by molar-refractivity contribution is 7.98. The SMILES string of the molecule is Clc1ccc2c(c1SCc1cccs1)CCNCC2. The minimum atomic E-state index is 0.905. The zero-order chi connectivity index (χ0) is 13.1. The number of fused-ring (bicyclic) bond motifs is 1. The third-order valence-corrected chi connectivity index (χ3v) is 6.07. The molecule has 19 heavy (non-hydrogen) atoms. The molecule has 1 aliphatic rings. The predicted molar refractivity (Wildman–Crippen MR) is 85.6 cm³/mol. The zero-order valence-electron chi connectivity index (χ0n) is 10.6. The van der Waals surface area contributed by atoms with Gasteiger partial charge in [-0.2, -0.15) is 0 Å². The van der Waals surface area contributed by atoms with Crippen LogP contribution in [0.5, 0.6) is 0 Å². The molecular formula is C15H16ClNS2. The van der Waals surface area contributed by atoms with Gasteiger partial charge in [-0.3, -0.25) is 0 Å². The molecule has 100 valence electrons. The minimum Gasteiger partial charge on any atom is -0.316 e. The lowest BCUT2D eigenvalue weighted by Gasteiger charge is -2.13. The highest BCUT2D eigenvalue weighted by atomic mass is 35.5. The van der Waals surface area contributed by atoms with Crippen molar-refractivity contribution in [3.05, 3.63) is 50.7 Å². The van der Waals surface area contributed by atoms with E-state index >= 15 is 0 Å². The van der Waals surface area contributed by atoms with E-state index in [1.807, 2.05) is 23.1 Å².